The molecule has 1 N–H and O–H groups in total. The third-order valence-electron chi connectivity index (χ3n) is 2.83. The summed E-state index contributed by atoms with van der Waals surface area (Å²) in [4.78, 5) is 0. The lowest BCUT2D eigenvalue weighted by Crippen LogP contribution is -3.00. The summed E-state index contributed by atoms with van der Waals surface area (Å²) in [5.74, 6) is 0.830. The number of halogens is 3. The molecule has 2 aromatic rings. The molecular formula is C15H15Cl3NO-. The number of hydrogen-bond acceptors (Lipinski definition) is 2. The van der Waals surface area contributed by atoms with Crippen molar-refractivity contribution >= 4 is 23.2 Å². The molecule has 0 atom stereocenters. The van der Waals surface area contributed by atoms with Crippen LogP contribution in [0.4, 0.5) is 0 Å². The summed E-state index contributed by atoms with van der Waals surface area (Å²) in [6.45, 7) is 1.38. The molecule has 108 valence electrons. The maximum Gasteiger partial charge on any atom is 0.123 e. The van der Waals surface area contributed by atoms with Gasteiger partial charge in [0.2, 0.25) is 0 Å². The van der Waals surface area contributed by atoms with Crippen LogP contribution in [-0.4, -0.2) is 7.11 Å². The molecule has 0 saturated carbocycles. The standard InChI is InChI=1S/C15H15Cl2NO.ClH/c1-19-15-7-6-13(16)8-12(15)10-18-9-11-4-2-3-5-14(11)17;/h2-8,18H,9-10H2,1H3;1H/p-1. The highest BCUT2D eigenvalue weighted by molar-refractivity contribution is 6.31. The Morgan fingerprint density at radius 1 is 1.00 bits per heavy atom. The average molecular weight is 332 g/mol. The minimum absolute atomic E-state index is 0. The van der Waals surface area contributed by atoms with Gasteiger partial charge >= 0.3 is 0 Å². The van der Waals surface area contributed by atoms with Crippen molar-refractivity contribution in [2.45, 2.75) is 13.1 Å². The van der Waals surface area contributed by atoms with Crippen molar-refractivity contribution in [3.05, 3.63) is 63.6 Å². The third kappa shape index (κ3) is 4.57. The van der Waals surface area contributed by atoms with Gasteiger partial charge in [-0.2, -0.15) is 0 Å². The lowest BCUT2D eigenvalue weighted by molar-refractivity contribution is -0.00000397. The highest BCUT2D eigenvalue weighted by Crippen LogP contribution is 2.22. The molecule has 0 spiro atoms. The summed E-state index contributed by atoms with van der Waals surface area (Å²) >= 11 is 12.1. The number of methoxy groups -OCH3 is 1. The molecule has 0 amide bonds. The molecule has 0 aliphatic heterocycles. The van der Waals surface area contributed by atoms with Crippen LogP contribution in [-0.2, 0) is 13.1 Å². The molecule has 5 heteroatoms. The van der Waals surface area contributed by atoms with E-state index in [9.17, 15) is 0 Å². The number of benzene rings is 2. The van der Waals surface area contributed by atoms with E-state index in [1.54, 1.807) is 7.11 Å². The van der Waals surface area contributed by atoms with Crippen molar-refractivity contribution < 1.29 is 17.1 Å². The fraction of sp³-hybridized carbons (Fsp3) is 0.200. The Labute approximate surface area is 135 Å². The Morgan fingerprint density at radius 2 is 1.70 bits per heavy atom. The van der Waals surface area contributed by atoms with E-state index in [1.807, 2.05) is 42.5 Å². The average Bonchev–Trinajstić information content (AvgIpc) is 2.41. The van der Waals surface area contributed by atoms with E-state index in [0.29, 0.717) is 18.1 Å². The van der Waals surface area contributed by atoms with E-state index in [1.165, 1.54) is 0 Å². The Morgan fingerprint density at radius 3 is 2.40 bits per heavy atom. The minimum Gasteiger partial charge on any atom is -1.00 e. The molecule has 0 radical (unpaired) electrons. The van der Waals surface area contributed by atoms with Gasteiger partial charge in [-0.3, -0.25) is 0 Å². The van der Waals surface area contributed by atoms with Gasteiger partial charge in [0.05, 0.1) is 7.11 Å². The monoisotopic (exact) mass is 330 g/mol. The molecule has 2 aromatic carbocycles. The van der Waals surface area contributed by atoms with Crippen molar-refractivity contribution in [1.29, 1.82) is 0 Å². The molecule has 0 saturated heterocycles. The van der Waals surface area contributed by atoms with Crippen molar-refractivity contribution in [3.8, 4) is 5.75 Å². The van der Waals surface area contributed by atoms with Gasteiger partial charge < -0.3 is 22.5 Å². The predicted octanol–water partition coefficient (Wildman–Crippen LogP) is 1.30. The van der Waals surface area contributed by atoms with E-state index >= 15 is 0 Å². The van der Waals surface area contributed by atoms with Crippen molar-refractivity contribution in [1.82, 2.24) is 5.32 Å². The summed E-state index contributed by atoms with van der Waals surface area (Å²) in [6.07, 6.45) is 0. The fourth-order valence-corrected chi connectivity index (χ4v) is 2.26. The highest BCUT2D eigenvalue weighted by Gasteiger charge is 2.04. The zero-order valence-corrected chi connectivity index (χ0v) is 13.3. The number of rotatable bonds is 5. The van der Waals surface area contributed by atoms with Crippen LogP contribution in [0.5, 0.6) is 5.75 Å². The van der Waals surface area contributed by atoms with Crippen LogP contribution in [0.1, 0.15) is 11.1 Å². The Hall–Kier alpha value is -0.930. The fourth-order valence-electron chi connectivity index (χ4n) is 1.86. The lowest BCUT2D eigenvalue weighted by atomic mass is 10.2. The molecule has 2 rings (SSSR count). The SMILES string of the molecule is COc1ccc(Cl)cc1CNCc1ccccc1Cl.[Cl-]. The van der Waals surface area contributed by atoms with Crippen LogP contribution in [0.15, 0.2) is 42.5 Å². The third-order valence-corrected chi connectivity index (χ3v) is 3.44. The zero-order valence-electron chi connectivity index (χ0n) is 11.0. The van der Waals surface area contributed by atoms with Gasteiger partial charge in [-0.25, -0.2) is 0 Å². The highest BCUT2D eigenvalue weighted by atomic mass is 35.5. The van der Waals surface area contributed by atoms with Crippen molar-refractivity contribution in [3.63, 3.8) is 0 Å². The van der Waals surface area contributed by atoms with E-state index in [2.05, 4.69) is 5.32 Å². The summed E-state index contributed by atoms with van der Waals surface area (Å²) in [7, 11) is 1.65. The normalized spacial score (nSPS) is 9.95. The molecule has 0 bridgehead atoms. The molecule has 20 heavy (non-hydrogen) atoms. The van der Waals surface area contributed by atoms with Crippen LogP contribution < -0.4 is 22.5 Å². The summed E-state index contributed by atoms with van der Waals surface area (Å²) in [5.41, 5.74) is 2.10. The smallest absolute Gasteiger partial charge is 0.123 e. The van der Waals surface area contributed by atoms with Crippen molar-refractivity contribution in [2.24, 2.45) is 0 Å². The van der Waals surface area contributed by atoms with Crippen LogP contribution in [0.2, 0.25) is 10.0 Å². The van der Waals surface area contributed by atoms with E-state index < -0.39 is 0 Å². The molecule has 0 unspecified atom stereocenters. The topological polar surface area (TPSA) is 21.3 Å². The number of nitrogens with one attached hydrogen (secondary N) is 1. The quantitative estimate of drug-likeness (QED) is 0.892. The van der Waals surface area contributed by atoms with Gasteiger partial charge in [-0.15, -0.1) is 0 Å². The second-order valence-electron chi connectivity index (χ2n) is 4.15. The van der Waals surface area contributed by atoms with Gasteiger partial charge in [0, 0.05) is 28.7 Å². The second kappa shape index (κ2) is 8.38. The number of ether oxygens (including phenoxy) is 1. The van der Waals surface area contributed by atoms with Gasteiger partial charge in [0.25, 0.3) is 0 Å². The Bertz CT molecular complexity index is 561. The number of hydrogen-bond donors (Lipinski definition) is 1. The molecule has 0 aliphatic rings. The first-order valence-corrected chi connectivity index (χ1v) is 6.73. The maximum absolute atomic E-state index is 6.10. The first-order valence-electron chi connectivity index (χ1n) is 5.97. The first kappa shape index (κ1) is 17.1. The van der Waals surface area contributed by atoms with E-state index in [-0.39, 0.29) is 12.4 Å². The van der Waals surface area contributed by atoms with Crippen LogP contribution in [0.3, 0.4) is 0 Å². The van der Waals surface area contributed by atoms with Gasteiger partial charge in [-0.05, 0) is 29.8 Å². The summed E-state index contributed by atoms with van der Waals surface area (Å²) in [6, 6.07) is 13.4. The van der Waals surface area contributed by atoms with Gasteiger partial charge in [-0.1, -0.05) is 41.4 Å². The van der Waals surface area contributed by atoms with E-state index in [4.69, 9.17) is 27.9 Å². The van der Waals surface area contributed by atoms with Crippen LogP contribution >= 0.6 is 23.2 Å². The summed E-state index contributed by atoms with van der Waals surface area (Å²) < 4.78 is 5.30. The second-order valence-corrected chi connectivity index (χ2v) is 4.99. The molecule has 0 aliphatic carbocycles. The zero-order chi connectivity index (χ0) is 13.7. The van der Waals surface area contributed by atoms with Gasteiger partial charge in [0.1, 0.15) is 5.75 Å². The minimum atomic E-state index is 0. The Balaban J connectivity index is 0.00000200. The van der Waals surface area contributed by atoms with Crippen LogP contribution in [0.25, 0.3) is 0 Å². The first-order chi connectivity index (χ1) is 9.20. The van der Waals surface area contributed by atoms with Crippen molar-refractivity contribution in [2.75, 3.05) is 7.11 Å². The molecule has 0 fully saturated rings. The molecule has 0 heterocycles. The molecular weight excluding hydrogens is 317 g/mol. The largest absolute Gasteiger partial charge is 1.00 e. The lowest BCUT2D eigenvalue weighted by Gasteiger charge is -2.10. The Kier molecular flexibility index (Phi) is 7.17. The van der Waals surface area contributed by atoms with Crippen LogP contribution in [0, 0.1) is 0 Å². The van der Waals surface area contributed by atoms with E-state index in [0.717, 1.165) is 21.9 Å². The maximum atomic E-state index is 6.10. The predicted molar refractivity (Wildman–Crippen MR) is 80.0 cm³/mol. The summed E-state index contributed by atoms with van der Waals surface area (Å²) in [5, 5.41) is 4.81. The molecule has 2 nitrogen and oxygen atoms in total. The molecule has 0 aromatic heterocycles. The van der Waals surface area contributed by atoms with Gasteiger partial charge in [0.15, 0.2) is 0 Å².